The van der Waals surface area contributed by atoms with Crippen LogP contribution in [0.1, 0.15) is 45.4 Å². The van der Waals surface area contributed by atoms with E-state index in [9.17, 15) is 0 Å². The number of hydrogen-bond donors (Lipinski definition) is 1. The molecule has 1 aliphatic heterocycles. The Kier molecular flexibility index (Phi) is 2.61. The summed E-state index contributed by atoms with van der Waals surface area (Å²) in [5, 5.41) is 0. The summed E-state index contributed by atoms with van der Waals surface area (Å²) in [5.74, 6) is 0.996. The Morgan fingerprint density at radius 2 is 2.31 bits per heavy atom. The van der Waals surface area contributed by atoms with Crippen LogP contribution < -0.4 is 5.73 Å². The summed E-state index contributed by atoms with van der Waals surface area (Å²) >= 11 is 0. The second kappa shape index (κ2) is 3.58. The molecule has 0 radical (unpaired) electrons. The Balaban J connectivity index is 1.76. The van der Waals surface area contributed by atoms with Gasteiger partial charge in [0.1, 0.15) is 0 Å². The second-order valence-electron chi connectivity index (χ2n) is 4.89. The van der Waals surface area contributed by atoms with Gasteiger partial charge in [-0.3, -0.25) is 0 Å². The molecule has 1 aliphatic carbocycles. The topological polar surface area (TPSA) is 35.2 Å². The summed E-state index contributed by atoms with van der Waals surface area (Å²) < 4.78 is 5.73. The largest absolute Gasteiger partial charge is 0.374 e. The van der Waals surface area contributed by atoms with Gasteiger partial charge in [-0.2, -0.15) is 0 Å². The van der Waals surface area contributed by atoms with Crippen molar-refractivity contribution in [1.82, 2.24) is 0 Å². The summed E-state index contributed by atoms with van der Waals surface area (Å²) in [6.45, 7) is 3.09. The van der Waals surface area contributed by atoms with Crippen LogP contribution in [0.25, 0.3) is 0 Å². The van der Waals surface area contributed by atoms with Gasteiger partial charge in [0.2, 0.25) is 0 Å². The normalized spacial score (nSPS) is 36.5. The van der Waals surface area contributed by atoms with Gasteiger partial charge >= 0.3 is 0 Å². The van der Waals surface area contributed by atoms with Crippen molar-refractivity contribution in [2.75, 3.05) is 6.61 Å². The minimum atomic E-state index is -0.00507. The molecule has 0 amide bonds. The fourth-order valence-electron chi connectivity index (χ4n) is 2.22. The zero-order valence-corrected chi connectivity index (χ0v) is 8.59. The van der Waals surface area contributed by atoms with E-state index in [4.69, 9.17) is 10.5 Å². The molecule has 1 saturated carbocycles. The van der Waals surface area contributed by atoms with Crippen molar-refractivity contribution >= 4 is 0 Å². The van der Waals surface area contributed by atoms with E-state index in [1.54, 1.807) is 0 Å². The summed E-state index contributed by atoms with van der Waals surface area (Å²) in [7, 11) is 0. The molecule has 2 nitrogen and oxygen atoms in total. The third-order valence-electron chi connectivity index (χ3n) is 3.62. The molecule has 2 heteroatoms. The molecule has 1 saturated heterocycles. The smallest absolute Gasteiger partial charge is 0.0805 e. The van der Waals surface area contributed by atoms with E-state index in [1.807, 2.05) is 0 Å². The van der Waals surface area contributed by atoms with Crippen LogP contribution in [0.4, 0.5) is 0 Å². The van der Waals surface area contributed by atoms with Crippen LogP contribution in [-0.2, 0) is 4.74 Å². The van der Waals surface area contributed by atoms with Gasteiger partial charge in [-0.05, 0) is 38.5 Å². The highest BCUT2D eigenvalue weighted by Crippen LogP contribution is 2.36. The fraction of sp³-hybridized carbons (Fsp3) is 1.00. The summed E-state index contributed by atoms with van der Waals surface area (Å²) in [6, 6.07) is 0.260. The Morgan fingerprint density at radius 3 is 2.85 bits per heavy atom. The standard InChI is InChI=1S/C11H21NO/c1-11(7-2-8-13-11)10(12)6-5-9-3-4-9/h9-10H,2-8,12H2,1H3. The Morgan fingerprint density at radius 1 is 1.54 bits per heavy atom. The quantitative estimate of drug-likeness (QED) is 0.724. The molecule has 2 fully saturated rings. The van der Waals surface area contributed by atoms with Gasteiger partial charge in [-0.25, -0.2) is 0 Å². The van der Waals surface area contributed by atoms with Crippen molar-refractivity contribution in [3.8, 4) is 0 Å². The number of rotatable bonds is 4. The first-order valence-corrected chi connectivity index (χ1v) is 5.60. The molecule has 2 aliphatic rings. The molecule has 2 rings (SSSR count). The van der Waals surface area contributed by atoms with Crippen LogP contribution in [0, 0.1) is 5.92 Å². The van der Waals surface area contributed by atoms with Crippen molar-refractivity contribution in [2.24, 2.45) is 11.7 Å². The Hall–Kier alpha value is -0.0800. The third-order valence-corrected chi connectivity index (χ3v) is 3.62. The molecular weight excluding hydrogens is 162 g/mol. The van der Waals surface area contributed by atoms with Crippen molar-refractivity contribution in [3.05, 3.63) is 0 Å². The Bertz CT molecular complexity index is 171. The van der Waals surface area contributed by atoms with Gasteiger partial charge in [0.05, 0.1) is 5.60 Å². The molecule has 13 heavy (non-hydrogen) atoms. The van der Waals surface area contributed by atoms with Gasteiger partial charge in [0.25, 0.3) is 0 Å². The highest BCUT2D eigenvalue weighted by molar-refractivity contribution is 4.91. The lowest BCUT2D eigenvalue weighted by Gasteiger charge is -2.30. The summed E-state index contributed by atoms with van der Waals surface area (Å²) in [6.07, 6.45) is 7.68. The molecule has 0 spiro atoms. The highest BCUT2D eigenvalue weighted by atomic mass is 16.5. The van der Waals surface area contributed by atoms with Gasteiger partial charge in [-0.1, -0.05) is 12.8 Å². The van der Waals surface area contributed by atoms with Crippen molar-refractivity contribution in [2.45, 2.75) is 57.1 Å². The van der Waals surface area contributed by atoms with Crippen molar-refractivity contribution < 1.29 is 4.74 Å². The average molecular weight is 183 g/mol. The molecule has 0 aromatic carbocycles. The highest BCUT2D eigenvalue weighted by Gasteiger charge is 2.36. The SMILES string of the molecule is CC1(C(N)CCC2CC2)CCCO1. The lowest BCUT2D eigenvalue weighted by molar-refractivity contribution is -0.00382. The van der Waals surface area contributed by atoms with E-state index in [0.29, 0.717) is 0 Å². The first-order valence-electron chi connectivity index (χ1n) is 5.60. The van der Waals surface area contributed by atoms with Crippen LogP contribution in [-0.4, -0.2) is 18.2 Å². The minimum absolute atomic E-state index is 0.00507. The molecule has 0 aromatic rings. The van der Waals surface area contributed by atoms with Crippen LogP contribution in [0.2, 0.25) is 0 Å². The van der Waals surface area contributed by atoms with Crippen LogP contribution in [0.5, 0.6) is 0 Å². The zero-order valence-electron chi connectivity index (χ0n) is 8.59. The minimum Gasteiger partial charge on any atom is -0.374 e. The molecular formula is C11H21NO. The van der Waals surface area contributed by atoms with E-state index < -0.39 is 0 Å². The van der Waals surface area contributed by atoms with E-state index in [0.717, 1.165) is 25.4 Å². The number of hydrogen-bond acceptors (Lipinski definition) is 2. The third kappa shape index (κ3) is 2.23. The molecule has 2 atom stereocenters. The molecule has 2 N–H and O–H groups in total. The van der Waals surface area contributed by atoms with E-state index in [1.165, 1.54) is 25.7 Å². The van der Waals surface area contributed by atoms with E-state index >= 15 is 0 Å². The Labute approximate surface area is 80.8 Å². The fourth-order valence-corrected chi connectivity index (χ4v) is 2.22. The van der Waals surface area contributed by atoms with Gasteiger partial charge < -0.3 is 10.5 Å². The second-order valence-corrected chi connectivity index (χ2v) is 4.89. The molecule has 0 aromatic heterocycles. The van der Waals surface area contributed by atoms with Crippen LogP contribution in [0.3, 0.4) is 0 Å². The number of nitrogens with two attached hydrogens (primary N) is 1. The zero-order chi connectivity index (χ0) is 9.31. The monoisotopic (exact) mass is 183 g/mol. The molecule has 0 bridgehead atoms. The maximum Gasteiger partial charge on any atom is 0.0805 e. The van der Waals surface area contributed by atoms with Gasteiger partial charge in [0.15, 0.2) is 0 Å². The predicted molar refractivity (Wildman–Crippen MR) is 53.5 cm³/mol. The maximum atomic E-state index is 6.16. The van der Waals surface area contributed by atoms with Crippen molar-refractivity contribution in [3.63, 3.8) is 0 Å². The first-order chi connectivity index (χ1) is 6.21. The van der Waals surface area contributed by atoms with E-state index in [2.05, 4.69) is 6.92 Å². The average Bonchev–Trinajstić information content (AvgIpc) is 2.84. The predicted octanol–water partition coefficient (Wildman–Crippen LogP) is 2.07. The summed E-state index contributed by atoms with van der Waals surface area (Å²) in [4.78, 5) is 0. The first kappa shape index (κ1) is 9.47. The number of ether oxygens (including phenoxy) is 1. The summed E-state index contributed by atoms with van der Waals surface area (Å²) in [5.41, 5.74) is 6.16. The van der Waals surface area contributed by atoms with Crippen LogP contribution in [0.15, 0.2) is 0 Å². The maximum absolute atomic E-state index is 6.16. The van der Waals surface area contributed by atoms with Gasteiger partial charge in [0, 0.05) is 12.6 Å². The van der Waals surface area contributed by atoms with Gasteiger partial charge in [-0.15, -0.1) is 0 Å². The van der Waals surface area contributed by atoms with Crippen molar-refractivity contribution in [1.29, 1.82) is 0 Å². The lowest BCUT2D eigenvalue weighted by atomic mass is 9.90. The molecule has 2 unspecified atom stereocenters. The molecule has 76 valence electrons. The van der Waals surface area contributed by atoms with E-state index in [-0.39, 0.29) is 11.6 Å². The lowest BCUT2D eigenvalue weighted by Crippen LogP contribution is -2.45. The molecule has 1 heterocycles. The van der Waals surface area contributed by atoms with Crippen LogP contribution >= 0.6 is 0 Å².